The molecule has 0 aromatic carbocycles. The summed E-state index contributed by atoms with van der Waals surface area (Å²) in [5.41, 5.74) is 0. The molecule has 2 saturated heterocycles. The molecule has 0 aliphatic carbocycles. The fraction of sp³-hybridized carbons (Fsp3) is 0.778. The predicted molar refractivity (Wildman–Crippen MR) is 49.3 cm³/mol. The highest BCUT2D eigenvalue weighted by atomic mass is 16.9. The molecule has 0 aromatic rings. The topological polar surface area (TPSA) is 143 Å². The van der Waals surface area contributed by atoms with Gasteiger partial charge in [-0.15, -0.1) is 0 Å². The average molecular weight is 264 g/mol. The van der Waals surface area contributed by atoms with Gasteiger partial charge in [0.2, 0.25) is 0 Å². The van der Waals surface area contributed by atoms with E-state index in [-0.39, 0.29) is 0 Å². The zero-order valence-electron chi connectivity index (χ0n) is 9.27. The van der Waals surface area contributed by atoms with Crippen molar-refractivity contribution >= 4 is 11.9 Å². The molecular formula is C9H12O9. The maximum absolute atomic E-state index is 11.2. The van der Waals surface area contributed by atoms with E-state index in [1.165, 1.54) is 6.92 Å². The molecule has 18 heavy (non-hydrogen) atoms. The van der Waals surface area contributed by atoms with Gasteiger partial charge in [-0.1, -0.05) is 0 Å². The van der Waals surface area contributed by atoms with Crippen LogP contribution in [0, 0.1) is 0 Å². The molecule has 9 heteroatoms. The van der Waals surface area contributed by atoms with Crippen LogP contribution in [0.15, 0.2) is 0 Å². The van der Waals surface area contributed by atoms with Gasteiger partial charge >= 0.3 is 23.7 Å². The highest BCUT2D eigenvalue weighted by molar-refractivity contribution is 5.92. The van der Waals surface area contributed by atoms with Crippen LogP contribution in [0.1, 0.15) is 13.3 Å². The molecule has 4 N–H and O–H groups in total. The molecule has 0 spiro atoms. The van der Waals surface area contributed by atoms with Crippen LogP contribution in [0.4, 0.5) is 0 Å². The molecule has 0 radical (unpaired) electrons. The van der Waals surface area contributed by atoms with Crippen LogP contribution in [0.25, 0.3) is 0 Å². The van der Waals surface area contributed by atoms with Crippen LogP contribution in [-0.4, -0.2) is 62.4 Å². The van der Waals surface area contributed by atoms with E-state index in [1.807, 2.05) is 0 Å². The summed E-state index contributed by atoms with van der Waals surface area (Å²) >= 11 is 0. The Kier molecular flexibility index (Phi) is 2.83. The lowest BCUT2D eigenvalue weighted by molar-refractivity contribution is -0.505. The maximum atomic E-state index is 11.2. The van der Waals surface area contributed by atoms with Gasteiger partial charge in [-0.25, -0.2) is 0 Å². The number of aliphatic hydroxyl groups is 4. The van der Waals surface area contributed by atoms with E-state index in [4.69, 9.17) is 4.74 Å². The highest BCUT2D eigenvalue weighted by Gasteiger charge is 2.70. The van der Waals surface area contributed by atoms with Crippen LogP contribution in [0.3, 0.4) is 0 Å². The predicted octanol–water partition coefficient (Wildman–Crippen LogP) is -3.05. The van der Waals surface area contributed by atoms with E-state index in [9.17, 15) is 30.0 Å². The van der Waals surface area contributed by atoms with Crippen molar-refractivity contribution < 1.29 is 44.2 Å². The summed E-state index contributed by atoms with van der Waals surface area (Å²) < 4.78 is 13.5. The third kappa shape index (κ3) is 1.68. The lowest BCUT2D eigenvalue weighted by atomic mass is 9.94. The quantitative estimate of drug-likeness (QED) is 0.265. The van der Waals surface area contributed by atoms with Gasteiger partial charge in [-0.05, 0) is 6.92 Å². The van der Waals surface area contributed by atoms with E-state index in [2.05, 4.69) is 9.47 Å². The molecule has 0 aromatic heterocycles. The Balaban J connectivity index is 2.46. The summed E-state index contributed by atoms with van der Waals surface area (Å²) in [6.07, 6.45) is -5.80. The molecule has 102 valence electrons. The first kappa shape index (κ1) is 13.2. The maximum Gasteiger partial charge on any atom is 0.399 e. The lowest BCUT2D eigenvalue weighted by Crippen LogP contribution is -2.74. The molecular weight excluding hydrogens is 252 g/mol. The summed E-state index contributed by atoms with van der Waals surface area (Å²) in [5.74, 6) is -8.60. The van der Waals surface area contributed by atoms with E-state index >= 15 is 0 Å². The standard InChI is InChI=1S/C9H12O9/c1-3-6(12)7(13)8(14)9(15,16-3)18-5(11)2-4(10)17-8/h3,6-7,12-15H,2H2,1H3/t3-,6-,7+,8+,9?/m0/s1. The summed E-state index contributed by atoms with van der Waals surface area (Å²) in [6, 6.07) is 0. The van der Waals surface area contributed by atoms with Crippen molar-refractivity contribution in [1.29, 1.82) is 0 Å². The second kappa shape index (κ2) is 3.87. The van der Waals surface area contributed by atoms with Crippen LogP contribution in [0.5, 0.6) is 0 Å². The van der Waals surface area contributed by atoms with Gasteiger partial charge in [0.15, 0.2) is 6.10 Å². The van der Waals surface area contributed by atoms with Gasteiger partial charge in [0.1, 0.15) is 12.5 Å². The molecule has 0 saturated carbocycles. The van der Waals surface area contributed by atoms with Crippen molar-refractivity contribution in [3.8, 4) is 0 Å². The van der Waals surface area contributed by atoms with E-state index in [1.54, 1.807) is 0 Å². The zero-order chi connectivity index (χ0) is 13.7. The van der Waals surface area contributed by atoms with E-state index in [0.29, 0.717) is 0 Å². The van der Waals surface area contributed by atoms with Crippen molar-refractivity contribution in [3.05, 3.63) is 0 Å². The fourth-order valence-electron chi connectivity index (χ4n) is 1.82. The van der Waals surface area contributed by atoms with Gasteiger partial charge in [-0.3, -0.25) is 9.59 Å². The first-order valence-electron chi connectivity index (χ1n) is 5.12. The minimum atomic E-state index is -3.10. The van der Waals surface area contributed by atoms with Crippen LogP contribution in [0.2, 0.25) is 0 Å². The number of fused-ring (bicyclic) bond motifs is 1. The van der Waals surface area contributed by atoms with E-state index < -0.39 is 48.4 Å². The fourth-order valence-corrected chi connectivity index (χ4v) is 1.82. The highest BCUT2D eigenvalue weighted by Crippen LogP contribution is 2.40. The van der Waals surface area contributed by atoms with Crippen molar-refractivity contribution in [2.75, 3.05) is 0 Å². The molecule has 0 bridgehead atoms. The van der Waals surface area contributed by atoms with Crippen molar-refractivity contribution in [3.63, 3.8) is 0 Å². The minimum Gasteiger partial charge on any atom is -0.420 e. The number of rotatable bonds is 0. The first-order valence-corrected chi connectivity index (χ1v) is 5.12. The molecule has 2 heterocycles. The van der Waals surface area contributed by atoms with Crippen molar-refractivity contribution in [1.82, 2.24) is 0 Å². The Morgan fingerprint density at radius 1 is 1.17 bits per heavy atom. The smallest absolute Gasteiger partial charge is 0.399 e. The number of aliphatic hydroxyl groups excluding tert-OH is 2. The largest absolute Gasteiger partial charge is 0.420 e. The Morgan fingerprint density at radius 2 is 1.72 bits per heavy atom. The Morgan fingerprint density at radius 3 is 2.33 bits per heavy atom. The number of esters is 2. The minimum absolute atomic E-state index is 0.870. The average Bonchev–Trinajstić information content (AvgIpc) is 2.31. The van der Waals surface area contributed by atoms with Crippen LogP contribution < -0.4 is 0 Å². The molecule has 2 rings (SSSR count). The number of hydrogen-bond acceptors (Lipinski definition) is 9. The number of hydrogen-bond donors (Lipinski definition) is 4. The van der Waals surface area contributed by atoms with Crippen molar-refractivity contribution in [2.45, 2.75) is 43.4 Å². The molecule has 1 unspecified atom stereocenters. The van der Waals surface area contributed by atoms with Crippen LogP contribution in [-0.2, 0) is 23.8 Å². The summed E-state index contributed by atoms with van der Waals surface area (Å²) in [6.45, 7) is 1.26. The van der Waals surface area contributed by atoms with Gasteiger partial charge in [0.05, 0.1) is 6.10 Å². The van der Waals surface area contributed by atoms with Gasteiger partial charge in [0, 0.05) is 0 Å². The van der Waals surface area contributed by atoms with Crippen LogP contribution >= 0.6 is 0 Å². The molecule has 9 nitrogen and oxygen atoms in total. The second-order valence-electron chi connectivity index (χ2n) is 4.16. The lowest BCUT2D eigenvalue weighted by Gasteiger charge is -2.48. The third-order valence-electron chi connectivity index (χ3n) is 2.81. The number of carbonyl (C=O) groups is 2. The molecule has 0 amide bonds. The monoisotopic (exact) mass is 264 g/mol. The Hall–Kier alpha value is -1.26. The van der Waals surface area contributed by atoms with Crippen molar-refractivity contribution in [2.24, 2.45) is 0 Å². The molecule has 2 aliphatic heterocycles. The van der Waals surface area contributed by atoms with Gasteiger partial charge < -0.3 is 34.6 Å². The van der Waals surface area contributed by atoms with E-state index in [0.717, 1.165) is 0 Å². The second-order valence-corrected chi connectivity index (χ2v) is 4.16. The van der Waals surface area contributed by atoms with Gasteiger partial charge in [0.25, 0.3) is 0 Å². The Bertz CT molecular complexity index is 395. The SMILES string of the molecule is C[C@@H]1OC2(O)OC(=O)CC(=O)O[C@]2(O)[C@H](O)[C@H]1O. The molecule has 2 fully saturated rings. The summed E-state index contributed by atoms with van der Waals surface area (Å²) in [7, 11) is 0. The summed E-state index contributed by atoms with van der Waals surface area (Å²) in [5, 5.41) is 39.1. The molecule has 5 atom stereocenters. The first-order chi connectivity index (χ1) is 8.19. The summed E-state index contributed by atoms with van der Waals surface area (Å²) in [4.78, 5) is 22.4. The third-order valence-corrected chi connectivity index (χ3v) is 2.81. The zero-order valence-corrected chi connectivity index (χ0v) is 9.27. The number of ether oxygens (including phenoxy) is 3. The molecule has 2 aliphatic rings. The normalized spacial score (nSPS) is 48.8. The Labute approximate surface area is 100 Å². The van der Waals surface area contributed by atoms with Gasteiger partial charge in [-0.2, -0.15) is 0 Å². The number of carbonyl (C=O) groups excluding carboxylic acids is 2.